The molecule has 1 unspecified atom stereocenters. The number of carboxylic acid groups (broad SMARTS) is 1. The minimum atomic E-state index is -4.11. The second kappa shape index (κ2) is 6.43. The number of hydrogen-bond acceptors (Lipinski definition) is 4. The van der Waals surface area contributed by atoms with Gasteiger partial charge in [-0.25, -0.2) is 8.42 Å². The van der Waals surface area contributed by atoms with Gasteiger partial charge in [0.05, 0.1) is 16.7 Å². The van der Waals surface area contributed by atoms with Crippen molar-refractivity contribution in [3.63, 3.8) is 0 Å². The van der Waals surface area contributed by atoms with Crippen molar-refractivity contribution in [1.29, 1.82) is 5.26 Å². The molecule has 0 aliphatic rings. The number of hydrogen-bond donors (Lipinski definition) is 2. The fourth-order valence-electron chi connectivity index (χ4n) is 1.84. The topological polar surface area (TPSA) is 107 Å². The number of sulfonamides is 1. The molecule has 1 rings (SSSR count). The molecule has 8 heteroatoms. The van der Waals surface area contributed by atoms with Crippen LogP contribution < -0.4 is 4.72 Å². The van der Waals surface area contributed by atoms with Crippen LogP contribution in [0.5, 0.6) is 0 Å². The molecule has 0 aromatic heterocycles. The summed E-state index contributed by atoms with van der Waals surface area (Å²) in [5, 5.41) is 17.8. The standard InChI is InChI=1S/C13H15ClN2O4S/c1-3-6-13(2,12(17)18)16-21(19,20)11-5-4-9(8-15)7-10(11)14/h4-5,7,16H,3,6H2,1-2H3,(H,17,18). The van der Waals surface area contributed by atoms with Gasteiger partial charge in [0.2, 0.25) is 10.0 Å². The van der Waals surface area contributed by atoms with Gasteiger partial charge in [-0.3, -0.25) is 4.79 Å². The van der Waals surface area contributed by atoms with Crippen LogP contribution in [0.15, 0.2) is 23.1 Å². The fraction of sp³-hybridized carbons (Fsp3) is 0.385. The smallest absolute Gasteiger partial charge is 0.324 e. The van der Waals surface area contributed by atoms with Gasteiger partial charge in [0.1, 0.15) is 10.4 Å². The molecular formula is C13H15ClN2O4S. The molecule has 2 N–H and O–H groups in total. The molecule has 1 aromatic carbocycles. The largest absolute Gasteiger partial charge is 0.480 e. The lowest BCUT2D eigenvalue weighted by Crippen LogP contribution is -2.51. The van der Waals surface area contributed by atoms with Crippen molar-refractivity contribution in [1.82, 2.24) is 4.72 Å². The first-order valence-corrected chi connectivity index (χ1v) is 7.99. The highest BCUT2D eigenvalue weighted by molar-refractivity contribution is 7.89. The first kappa shape index (κ1) is 17.4. The monoisotopic (exact) mass is 330 g/mol. The average Bonchev–Trinajstić information content (AvgIpc) is 2.37. The normalized spacial score (nSPS) is 14.2. The molecule has 0 heterocycles. The molecule has 1 atom stereocenters. The average molecular weight is 331 g/mol. The van der Waals surface area contributed by atoms with Crippen molar-refractivity contribution >= 4 is 27.6 Å². The van der Waals surface area contributed by atoms with E-state index in [0.717, 1.165) is 0 Å². The number of carboxylic acids is 1. The van der Waals surface area contributed by atoms with Gasteiger partial charge in [-0.1, -0.05) is 24.9 Å². The second-order valence-corrected chi connectivity index (χ2v) is 6.81. The van der Waals surface area contributed by atoms with Gasteiger partial charge in [-0.2, -0.15) is 9.98 Å². The number of aliphatic carboxylic acids is 1. The lowest BCUT2D eigenvalue weighted by atomic mass is 9.98. The molecule has 0 radical (unpaired) electrons. The van der Waals surface area contributed by atoms with Crippen LogP contribution in [0.2, 0.25) is 5.02 Å². The molecule has 0 aliphatic heterocycles. The van der Waals surface area contributed by atoms with Crippen molar-refractivity contribution in [3.05, 3.63) is 28.8 Å². The molecule has 0 saturated carbocycles. The van der Waals surface area contributed by atoms with Crippen LogP contribution in [0.25, 0.3) is 0 Å². The van der Waals surface area contributed by atoms with Gasteiger partial charge in [0, 0.05) is 0 Å². The molecular weight excluding hydrogens is 316 g/mol. The predicted molar refractivity (Wildman–Crippen MR) is 77.4 cm³/mol. The maximum absolute atomic E-state index is 12.3. The summed E-state index contributed by atoms with van der Waals surface area (Å²) in [6.45, 7) is 3.05. The lowest BCUT2D eigenvalue weighted by molar-refractivity contribution is -0.143. The fourth-order valence-corrected chi connectivity index (χ4v) is 3.78. The van der Waals surface area contributed by atoms with Crippen LogP contribution >= 0.6 is 11.6 Å². The zero-order chi connectivity index (χ0) is 16.3. The van der Waals surface area contributed by atoms with E-state index in [1.54, 1.807) is 6.92 Å². The number of rotatable bonds is 6. The van der Waals surface area contributed by atoms with Gasteiger partial charge >= 0.3 is 5.97 Å². The summed E-state index contributed by atoms with van der Waals surface area (Å²) < 4.78 is 26.8. The Hall–Kier alpha value is -1.62. The Labute approximate surface area is 128 Å². The van der Waals surface area contributed by atoms with Crippen molar-refractivity contribution in [2.45, 2.75) is 37.1 Å². The highest BCUT2D eigenvalue weighted by atomic mass is 35.5. The Kier molecular flexibility index (Phi) is 5.34. The summed E-state index contributed by atoms with van der Waals surface area (Å²) >= 11 is 5.86. The maximum Gasteiger partial charge on any atom is 0.324 e. The molecule has 6 nitrogen and oxygen atoms in total. The Morgan fingerprint density at radius 2 is 2.14 bits per heavy atom. The number of nitriles is 1. The lowest BCUT2D eigenvalue weighted by Gasteiger charge is -2.25. The highest BCUT2D eigenvalue weighted by Crippen LogP contribution is 2.25. The first-order valence-electron chi connectivity index (χ1n) is 6.13. The Morgan fingerprint density at radius 1 is 1.52 bits per heavy atom. The molecule has 0 saturated heterocycles. The third-order valence-electron chi connectivity index (χ3n) is 2.93. The SMILES string of the molecule is CCCC(C)(NS(=O)(=O)c1ccc(C#N)cc1Cl)C(=O)O. The van der Waals surface area contributed by atoms with E-state index < -0.39 is 21.5 Å². The zero-order valence-electron chi connectivity index (χ0n) is 11.6. The first-order chi connectivity index (χ1) is 9.66. The molecule has 0 fully saturated rings. The minimum Gasteiger partial charge on any atom is -0.480 e. The van der Waals surface area contributed by atoms with Gasteiger partial charge in [-0.05, 0) is 31.5 Å². The molecule has 0 bridgehead atoms. The molecule has 0 amide bonds. The number of halogens is 1. The third kappa shape index (κ3) is 3.94. The number of carbonyl (C=O) groups is 1. The Balaban J connectivity index is 3.23. The van der Waals surface area contributed by atoms with Crippen LogP contribution in [0, 0.1) is 11.3 Å². The van der Waals surface area contributed by atoms with Crippen LogP contribution in [0.1, 0.15) is 32.3 Å². The van der Waals surface area contributed by atoms with E-state index in [4.69, 9.17) is 16.9 Å². The molecule has 1 aromatic rings. The number of nitrogens with one attached hydrogen (secondary N) is 1. The van der Waals surface area contributed by atoms with Gasteiger partial charge in [0.25, 0.3) is 0 Å². The molecule has 0 spiro atoms. The Morgan fingerprint density at radius 3 is 2.57 bits per heavy atom. The summed E-state index contributed by atoms with van der Waals surface area (Å²) in [4.78, 5) is 11.0. The molecule has 114 valence electrons. The van der Waals surface area contributed by atoms with E-state index in [1.807, 2.05) is 6.07 Å². The van der Waals surface area contributed by atoms with Gasteiger partial charge in [0.15, 0.2) is 0 Å². The van der Waals surface area contributed by atoms with E-state index in [9.17, 15) is 18.3 Å². The van der Waals surface area contributed by atoms with Gasteiger partial charge < -0.3 is 5.11 Å². The third-order valence-corrected chi connectivity index (χ3v) is 5.01. The zero-order valence-corrected chi connectivity index (χ0v) is 13.1. The van der Waals surface area contributed by atoms with E-state index in [-0.39, 0.29) is 21.9 Å². The van der Waals surface area contributed by atoms with E-state index >= 15 is 0 Å². The predicted octanol–water partition coefficient (Wildman–Crippen LogP) is 2.13. The summed E-state index contributed by atoms with van der Waals surface area (Å²) in [6.07, 6.45) is 0.627. The summed E-state index contributed by atoms with van der Waals surface area (Å²) in [5.41, 5.74) is -1.40. The molecule has 0 aliphatic carbocycles. The molecule has 21 heavy (non-hydrogen) atoms. The van der Waals surface area contributed by atoms with Crippen LogP contribution in [0.4, 0.5) is 0 Å². The van der Waals surface area contributed by atoms with E-state index in [2.05, 4.69) is 4.72 Å². The van der Waals surface area contributed by atoms with E-state index in [0.29, 0.717) is 6.42 Å². The summed E-state index contributed by atoms with van der Waals surface area (Å²) in [6, 6.07) is 5.54. The second-order valence-electron chi connectivity index (χ2n) is 4.75. The van der Waals surface area contributed by atoms with Crippen molar-refractivity contribution in [3.8, 4) is 6.07 Å². The maximum atomic E-state index is 12.3. The van der Waals surface area contributed by atoms with Crippen LogP contribution in [0.3, 0.4) is 0 Å². The summed E-state index contributed by atoms with van der Waals surface area (Å²) in [5.74, 6) is -1.27. The number of benzene rings is 1. The van der Waals surface area contributed by atoms with Gasteiger partial charge in [-0.15, -0.1) is 0 Å². The van der Waals surface area contributed by atoms with Crippen LogP contribution in [-0.4, -0.2) is 25.0 Å². The minimum absolute atomic E-state index is 0.134. The van der Waals surface area contributed by atoms with E-state index in [1.165, 1.54) is 25.1 Å². The van der Waals surface area contributed by atoms with Crippen molar-refractivity contribution < 1.29 is 18.3 Å². The van der Waals surface area contributed by atoms with Crippen molar-refractivity contribution in [2.24, 2.45) is 0 Å². The van der Waals surface area contributed by atoms with Crippen LogP contribution in [-0.2, 0) is 14.8 Å². The highest BCUT2D eigenvalue weighted by Gasteiger charge is 2.37. The number of nitrogens with zero attached hydrogens (tertiary/aromatic N) is 1. The van der Waals surface area contributed by atoms with Crippen molar-refractivity contribution in [2.75, 3.05) is 0 Å². The summed E-state index contributed by atoms with van der Waals surface area (Å²) in [7, 11) is -4.11. The quantitative estimate of drug-likeness (QED) is 0.830. The Bertz CT molecular complexity index is 697.